The summed E-state index contributed by atoms with van der Waals surface area (Å²) in [4.78, 5) is 25.6. The van der Waals surface area contributed by atoms with Crippen molar-refractivity contribution in [2.24, 2.45) is 0 Å². The van der Waals surface area contributed by atoms with Crippen molar-refractivity contribution in [1.29, 1.82) is 0 Å². The molecule has 9 heteroatoms. The van der Waals surface area contributed by atoms with E-state index >= 15 is 0 Å². The SMILES string of the molecule is O=C(Nc1ccc(Cl)nc1N1CCN(CC=Cc2ccc(Cl)cc2)CC1)c1ccnc(Cl)c1. The van der Waals surface area contributed by atoms with Crippen molar-refractivity contribution in [1.82, 2.24) is 14.9 Å². The third-order valence-electron chi connectivity index (χ3n) is 5.29. The van der Waals surface area contributed by atoms with Crippen LogP contribution in [0.5, 0.6) is 0 Å². The molecule has 2 aromatic heterocycles. The predicted molar refractivity (Wildman–Crippen MR) is 136 cm³/mol. The zero-order chi connectivity index (χ0) is 23.2. The minimum absolute atomic E-state index is 0.262. The molecule has 0 atom stereocenters. The number of aromatic nitrogens is 2. The molecule has 3 aromatic rings. The average Bonchev–Trinajstić information content (AvgIpc) is 2.82. The zero-order valence-corrected chi connectivity index (χ0v) is 20.0. The van der Waals surface area contributed by atoms with E-state index in [1.165, 1.54) is 12.3 Å². The summed E-state index contributed by atoms with van der Waals surface area (Å²) in [6, 6.07) is 14.3. The van der Waals surface area contributed by atoms with Crippen LogP contribution in [0.15, 0.2) is 60.8 Å². The number of benzene rings is 1. The molecule has 4 rings (SSSR count). The Kier molecular flexibility index (Phi) is 7.83. The molecule has 1 amide bonds. The molecular weight excluding hydrogens is 481 g/mol. The molecule has 1 aromatic carbocycles. The summed E-state index contributed by atoms with van der Waals surface area (Å²) in [5.74, 6) is 0.378. The van der Waals surface area contributed by atoms with Gasteiger partial charge >= 0.3 is 0 Å². The van der Waals surface area contributed by atoms with Crippen molar-refractivity contribution in [3.8, 4) is 0 Å². The lowest BCUT2D eigenvalue weighted by Crippen LogP contribution is -2.46. The number of hydrogen-bond acceptors (Lipinski definition) is 5. The summed E-state index contributed by atoms with van der Waals surface area (Å²) in [5, 5.41) is 4.30. The normalized spacial score (nSPS) is 14.6. The smallest absolute Gasteiger partial charge is 0.255 e. The Labute approximate surface area is 207 Å². The lowest BCUT2D eigenvalue weighted by molar-refractivity contribution is 0.102. The fourth-order valence-corrected chi connectivity index (χ4v) is 4.00. The Balaban J connectivity index is 1.38. The number of piperazine rings is 1. The van der Waals surface area contributed by atoms with E-state index in [4.69, 9.17) is 34.8 Å². The summed E-state index contributed by atoms with van der Waals surface area (Å²) < 4.78 is 0. The van der Waals surface area contributed by atoms with E-state index in [1.807, 2.05) is 24.3 Å². The first kappa shape index (κ1) is 23.5. The molecule has 0 radical (unpaired) electrons. The first-order chi connectivity index (χ1) is 16.0. The van der Waals surface area contributed by atoms with Crippen LogP contribution in [0.25, 0.3) is 6.08 Å². The molecule has 0 aliphatic carbocycles. The molecule has 1 fully saturated rings. The maximum absolute atomic E-state index is 12.7. The number of nitrogens with zero attached hydrogens (tertiary/aromatic N) is 4. The summed E-state index contributed by atoms with van der Waals surface area (Å²) in [7, 11) is 0. The van der Waals surface area contributed by atoms with Crippen LogP contribution in [-0.2, 0) is 0 Å². The first-order valence-corrected chi connectivity index (χ1v) is 11.6. The van der Waals surface area contributed by atoms with Gasteiger partial charge in [0, 0.05) is 49.5 Å². The molecule has 0 spiro atoms. The van der Waals surface area contributed by atoms with Gasteiger partial charge in [0.1, 0.15) is 10.3 Å². The van der Waals surface area contributed by atoms with E-state index < -0.39 is 0 Å². The van der Waals surface area contributed by atoms with Gasteiger partial charge in [-0.2, -0.15) is 0 Å². The van der Waals surface area contributed by atoms with E-state index in [0.717, 1.165) is 43.3 Å². The second-order valence-corrected chi connectivity index (χ2v) is 8.78. The van der Waals surface area contributed by atoms with Crippen LogP contribution in [0.1, 0.15) is 15.9 Å². The molecule has 1 aliphatic rings. The van der Waals surface area contributed by atoms with Crippen LogP contribution in [0.2, 0.25) is 15.3 Å². The predicted octanol–water partition coefficient (Wildman–Crippen LogP) is 5.52. The van der Waals surface area contributed by atoms with Gasteiger partial charge in [-0.1, -0.05) is 59.1 Å². The Morgan fingerprint density at radius 1 is 0.970 bits per heavy atom. The van der Waals surface area contributed by atoms with Gasteiger partial charge in [0.25, 0.3) is 5.91 Å². The molecule has 0 unspecified atom stereocenters. The molecule has 1 aliphatic heterocycles. The van der Waals surface area contributed by atoms with Crippen LogP contribution >= 0.6 is 34.8 Å². The van der Waals surface area contributed by atoms with E-state index in [-0.39, 0.29) is 11.1 Å². The van der Waals surface area contributed by atoms with Crippen LogP contribution < -0.4 is 10.2 Å². The molecule has 1 N–H and O–H groups in total. The third-order valence-corrected chi connectivity index (χ3v) is 5.96. The Bertz CT molecular complexity index is 1150. The van der Waals surface area contributed by atoms with Gasteiger partial charge in [-0.05, 0) is 42.0 Å². The molecule has 170 valence electrons. The van der Waals surface area contributed by atoms with Gasteiger partial charge in [0.15, 0.2) is 5.82 Å². The number of nitrogens with one attached hydrogen (secondary N) is 1. The largest absolute Gasteiger partial charge is 0.352 e. The third kappa shape index (κ3) is 6.45. The maximum atomic E-state index is 12.7. The summed E-state index contributed by atoms with van der Waals surface area (Å²) in [5.41, 5.74) is 2.15. The van der Waals surface area contributed by atoms with Gasteiger partial charge in [-0.3, -0.25) is 9.69 Å². The summed E-state index contributed by atoms with van der Waals surface area (Å²) >= 11 is 18.0. The van der Waals surface area contributed by atoms with E-state index in [0.29, 0.717) is 22.2 Å². The Hall–Kier alpha value is -2.64. The summed E-state index contributed by atoms with van der Waals surface area (Å²) in [6.07, 6.45) is 5.75. The fraction of sp³-hybridized carbons (Fsp3) is 0.208. The number of hydrogen-bond donors (Lipinski definition) is 1. The number of anilines is 2. The number of halogens is 3. The van der Waals surface area contributed by atoms with Crippen molar-refractivity contribution in [3.05, 3.63) is 87.3 Å². The monoisotopic (exact) mass is 501 g/mol. The van der Waals surface area contributed by atoms with E-state index in [1.54, 1.807) is 18.2 Å². The highest BCUT2D eigenvalue weighted by Crippen LogP contribution is 2.27. The van der Waals surface area contributed by atoms with E-state index in [9.17, 15) is 4.79 Å². The quantitative estimate of drug-likeness (QED) is 0.449. The van der Waals surface area contributed by atoms with Gasteiger partial charge in [0.05, 0.1) is 5.69 Å². The number of amides is 1. The topological polar surface area (TPSA) is 61.4 Å². The Morgan fingerprint density at radius 3 is 2.45 bits per heavy atom. The molecule has 0 saturated carbocycles. The van der Waals surface area contributed by atoms with Crippen molar-refractivity contribution in [2.45, 2.75) is 0 Å². The van der Waals surface area contributed by atoms with Crippen molar-refractivity contribution in [2.75, 3.05) is 42.9 Å². The first-order valence-electron chi connectivity index (χ1n) is 10.5. The van der Waals surface area contributed by atoms with Gasteiger partial charge in [0.2, 0.25) is 0 Å². The van der Waals surface area contributed by atoms with Crippen LogP contribution in [-0.4, -0.2) is 53.5 Å². The summed E-state index contributed by atoms with van der Waals surface area (Å²) in [6.45, 7) is 4.13. The number of carbonyl (C=O) groups is 1. The van der Waals surface area contributed by atoms with Gasteiger partial charge < -0.3 is 10.2 Å². The van der Waals surface area contributed by atoms with Crippen LogP contribution in [0.4, 0.5) is 11.5 Å². The molecule has 0 bridgehead atoms. The second kappa shape index (κ2) is 11.0. The minimum atomic E-state index is -0.282. The fourth-order valence-electron chi connectivity index (χ4n) is 3.56. The number of rotatable bonds is 6. The van der Waals surface area contributed by atoms with Crippen molar-refractivity contribution < 1.29 is 4.79 Å². The minimum Gasteiger partial charge on any atom is -0.352 e. The number of pyridine rings is 2. The molecule has 1 saturated heterocycles. The van der Waals surface area contributed by atoms with Crippen molar-refractivity contribution >= 4 is 58.3 Å². The molecule has 33 heavy (non-hydrogen) atoms. The highest BCUT2D eigenvalue weighted by atomic mass is 35.5. The molecular formula is C24H22Cl3N5O. The second-order valence-electron chi connectivity index (χ2n) is 7.57. The van der Waals surface area contributed by atoms with E-state index in [2.05, 4.69) is 37.2 Å². The maximum Gasteiger partial charge on any atom is 0.255 e. The average molecular weight is 503 g/mol. The van der Waals surface area contributed by atoms with Gasteiger partial charge in [-0.15, -0.1) is 0 Å². The zero-order valence-electron chi connectivity index (χ0n) is 17.7. The lowest BCUT2D eigenvalue weighted by atomic mass is 10.2. The number of carbonyl (C=O) groups excluding carboxylic acids is 1. The Morgan fingerprint density at radius 2 is 1.73 bits per heavy atom. The van der Waals surface area contributed by atoms with Gasteiger partial charge in [-0.25, -0.2) is 9.97 Å². The van der Waals surface area contributed by atoms with Crippen LogP contribution in [0, 0.1) is 0 Å². The van der Waals surface area contributed by atoms with Crippen molar-refractivity contribution in [3.63, 3.8) is 0 Å². The molecule has 3 heterocycles. The highest BCUT2D eigenvalue weighted by Gasteiger charge is 2.21. The molecule has 6 nitrogen and oxygen atoms in total. The standard InChI is InChI=1S/C24H22Cl3N5O/c25-19-5-3-17(4-6-19)2-1-11-31-12-14-32(15-13-31)23-20(7-8-21(26)30-23)29-24(33)18-9-10-28-22(27)16-18/h1-10,16H,11-15H2,(H,29,33). The lowest BCUT2D eigenvalue weighted by Gasteiger charge is -2.35. The van der Waals surface area contributed by atoms with Crippen LogP contribution in [0.3, 0.4) is 0 Å². The highest BCUT2D eigenvalue weighted by molar-refractivity contribution is 6.30.